The second kappa shape index (κ2) is 6.37. The average Bonchev–Trinajstić information content (AvgIpc) is 2.54. The fourth-order valence-corrected chi connectivity index (χ4v) is 2.51. The molecule has 1 aromatic heterocycles. The molecule has 0 unspecified atom stereocenters. The molecule has 1 heterocycles. The highest BCUT2D eigenvalue weighted by Crippen LogP contribution is 2.26. The summed E-state index contributed by atoms with van der Waals surface area (Å²) in [5, 5.41) is 1.31. The van der Waals surface area contributed by atoms with Gasteiger partial charge >= 0.3 is 5.63 Å². The van der Waals surface area contributed by atoms with E-state index in [4.69, 9.17) is 26.5 Å². The number of carbonyl (C=O) groups excluding carboxylic acids is 1. The molecular formula is C18H14ClNO4. The quantitative estimate of drug-likeness (QED) is 0.736. The summed E-state index contributed by atoms with van der Waals surface area (Å²) in [5.41, 5.74) is 7.10. The third-order valence-electron chi connectivity index (χ3n) is 3.64. The largest absolute Gasteiger partial charge is 0.489 e. The zero-order chi connectivity index (χ0) is 17.3. The van der Waals surface area contributed by atoms with Gasteiger partial charge in [-0.1, -0.05) is 11.6 Å². The number of aryl methyl sites for hydroxylation is 1. The minimum atomic E-state index is -0.502. The van der Waals surface area contributed by atoms with Crippen molar-refractivity contribution < 1.29 is 13.9 Å². The number of benzene rings is 2. The number of primary amides is 1. The van der Waals surface area contributed by atoms with Crippen molar-refractivity contribution in [2.24, 2.45) is 5.73 Å². The predicted molar refractivity (Wildman–Crippen MR) is 91.5 cm³/mol. The van der Waals surface area contributed by atoms with Crippen LogP contribution >= 0.6 is 11.6 Å². The van der Waals surface area contributed by atoms with Gasteiger partial charge in [-0.25, -0.2) is 4.79 Å². The van der Waals surface area contributed by atoms with Gasteiger partial charge in [0.1, 0.15) is 17.9 Å². The van der Waals surface area contributed by atoms with Crippen LogP contribution in [0.15, 0.2) is 51.7 Å². The molecule has 1 amide bonds. The Hall–Kier alpha value is -2.79. The van der Waals surface area contributed by atoms with Crippen LogP contribution in [0.5, 0.6) is 5.75 Å². The lowest BCUT2D eigenvalue weighted by atomic mass is 10.1. The summed E-state index contributed by atoms with van der Waals surface area (Å²) in [7, 11) is 0. The summed E-state index contributed by atoms with van der Waals surface area (Å²) in [6.07, 6.45) is 0. The lowest BCUT2D eigenvalue weighted by Gasteiger charge is -2.09. The summed E-state index contributed by atoms with van der Waals surface area (Å²) in [6, 6.07) is 11.3. The van der Waals surface area contributed by atoms with Gasteiger partial charge in [0.15, 0.2) is 0 Å². The van der Waals surface area contributed by atoms with Crippen LogP contribution in [0, 0.1) is 6.92 Å². The highest BCUT2D eigenvalue weighted by molar-refractivity contribution is 6.32. The van der Waals surface area contributed by atoms with Crippen LogP contribution in [0.3, 0.4) is 0 Å². The van der Waals surface area contributed by atoms with Crippen LogP contribution in [0.25, 0.3) is 11.0 Å². The molecule has 0 radical (unpaired) electrons. The highest BCUT2D eigenvalue weighted by atomic mass is 35.5. The molecule has 0 fully saturated rings. The van der Waals surface area contributed by atoms with Crippen molar-refractivity contribution in [3.8, 4) is 5.75 Å². The van der Waals surface area contributed by atoms with Crippen LogP contribution in [0.1, 0.15) is 21.5 Å². The minimum Gasteiger partial charge on any atom is -0.489 e. The van der Waals surface area contributed by atoms with Crippen LogP contribution in [0.4, 0.5) is 0 Å². The maximum Gasteiger partial charge on any atom is 0.336 e. The molecule has 2 aromatic carbocycles. The molecule has 0 saturated heterocycles. The maximum atomic E-state index is 11.7. The standard InChI is InChI=1S/C18H14ClNO4/c1-10-6-16-14(8-15(10)19)12(7-17(21)24-16)9-23-13-4-2-11(3-5-13)18(20)22/h2-8H,9H2,1H3,(H2,20,22). The van der Waals surface area contributed by atoms with Gasteiger partial charge in [-0.3, -0.25) is 4.79 Å². The Kier molecular flexibility index (Phi) is 4.27. The Morgan fingerprint density at radius 3 is 2.58 bits per heavy atom. The Balaban J connectivity index is 1.90. The van der Waals surface area contributed by atoms with Gasteiger partial charge in [0, 0.05) is 27.6 Å². The summed E-state index contributed by atoms with van der Waals surface area (Å²) < 4.78 is 10.9. The van der Waals surface area contributed by atoms with E-state index in [-0.39, 0.29) is 6.61 Å². The van der Waals surface area contributed by atoms with E-state index in [0.717, 1.165) is 10.9 Å². The Bertz CT molecular complexity index is 977. The average molecular weight is 344 g/mol. The molecule has 0 aliphatic rings. The van der Waals surface area contributed by atoms with Crippen molar-refractivity contribution in [1.29, 1.82) is 0 Å². The van der Waals surface area contributed by atoms with E-state index in [0.29, 0.717) is 27.5 Å². The lowest BCUT2D eigenvalue weighted by Crippen LogP contribution is -2.10. The topological polar surface area (TPSA) is 82.5 Å². The van der Waals surface area contributed by atoms with E-state index in [2.05, 4.69) is 0 Å². The molecule has 0 atom stereocenters. The van der Waals surface area contributed by atoms with Crippen molar-refractivity contribution in [1.82, 2.24) is 0 Å². The van der Waals surface area contributed by atoms with Crippen LogP contribution in [-0.4, -0.2) is 5.91 Å². The molecule has 24 heavy (non-hydrogen) atoms. The highest BCUT2D eigenvalue weighted by Gasteiger charge is 2.09. The van der Waals surface area contributed by atoms with Crippen molar-refractivity contribution in [3.63, 3.8) is 0 Å². The van der Waals surface area contributed by atoms with E-state index in [1.54, 1.807) is 36.4 Å². The summed E-state index contributed by atoms with van der Waals surface area (Å²) in [5.74, 6) is 0.0535. The van der Waals surface area contributed by atoms with E-state index in [1.165, 1.54) is 6.07 Å². The van der Waals surface area contributed by atoms with Gasteiger partial charge < -0.3 is 14.9 Å². The van der Waals surface area contributed by atoms with Crippen LogP contribution in [-0.2, 0) is 6.61 Å². The van der Waals surface area contributed by atoms with Crippen molar-refractivity contribution in [2.45, 2.75) is 13.5 Å². The monoisotopic (exact) mass is 343 g/mol. The third kappa shape index (κ3) is 3.26. The van der Waals surface area contributed by atoms with Crippen LogP contribution < -0.4 is 16.1 Å². The summed E-state index contributed by atoms with van der Waals surface area (Å²) in [4.78, 5) is 22.8. The summed E-state index contributed by atoms with van der Waals surface area (Å²) in [6.45, 7) is 2.00. The zero-order valence-electron chi connectivity index (χ0n) is 12.8. The van der Waals surface area contributed by atoms with Crippen molar-refractivity contribution in [2.75, 3.05) is 0 Å². The number of carbonyl (C=O) groups is 1. The van der Waals surface area contributed by atoms with E-state index in [9.17, 15) is 9.59 Å². The van der Waals surface area contributed by atoms with Gasteiger partial charge in [-0.15, -0.1) is 0 Å². The molecule has 3 aromatic rings. The van der Waals surface area contributed by atoms with Gasteiger partial charge in [-0.05, 0) is 48.9 Å². The molecule has 0 spiro atoms. The first kappa shape index (κ1) is 16.1. The molecule has 5 nitrogen and oxygen atoms in total. The Morgan fingerprint density at radius 2 is 1.92 bits per heavy atom. The number of nitrogens with two attached hydrogens (primary N) is 1. The molecule has 6 heteroatoms. The second-order valence-corrected chi connectivity index (χ2v) is 5.77. The van der Waals surface area contributed by atoms with E-state index < -0.39 is 11.5 Å². The molecule has 0 aliphatic carbocycles. The SMILES string of the molecule is Cc1cc2oc(=O)cc(COc3ccc(C(N)=O)cc3)c2cc1Cl. The zero-order valence-corrected chi connectivity index (χ0v) is 13.6. The Morgan fingerprint density at radius 1 is 1.21 bits per heavy atom. The molecule has 122 valence electrons. The van der Waals surface area contributed by atoms with E-state index in [1.807, 2.05) is 6.92 Å². The normalized spacial score (nSPS) is 10.8. The first-order chi connectivity index (χ1) is 11.4. The number of halogens is 1. The number of rotatable bonds is 4. The third-order valence-corrected chi connectivity index (χ3v) is 4.05. The number of fused-ring (bicyclic) bond motifs is 1. The van der Waals surface area contributed by atoms with Gasteiger partial charge in [0.25, 0.3) is 0 Å². The fourth-order valence-electron chi connectivity index (χ4n) is 2.34. The predicted octanol–water partition coefficient (Wildman–Crippen LogP) is 3.43. The second-order valence-electron chi connectivity index (χ2n) is 5.37. The number of hydrogen-bond acceptors (Lipinski definition) is 4. The van der Waals surface area contributed by atoms with Gasteiger partial charge in [-0.2, -0.15) is 0 Å². The number of hydrogen-bond donors (Lipinski definition) is 1. The number of amides is 1. The Labute approximate surface area is 142 Å². The number of ether oxygens (including phenoxy) is 1. The first-order valence-electron chi connectivity index (χ1n) is 7.19. The van der Waals surface area contributed by atoms with Crippen LogP contribution in [0.2, 0.25) is 5.02 Å². The van der Waals surface area contributed by atoms with E-state index >= 15 is 0 Å². The summed E-state index contributed by atoms with van der Waals surface area (Å²) >= 11 is 6.16. The molecule has 0 aliphatic heterocycles. The van der Waals surface area contributed by atoms with Gasteiger partial charge in [0.2, 0.25) is 5.91 Å². The fraction of sp³-hybridized carbons (Fsp3) is 0.111. The molecule has 3 rings (SSSR count). The van der Waals surface area contributed by atoms with Gasteiger partial charge in [0.05, 0.1) is 0 Å². The molecule has 0 saturated carbocycles. The first-order valence-corrected chi connectivity index (χ1v) is 7.57. The molecular weight excluding hydrogens is 330 g/mol. The smallest absolute Gasteiger partial charge is 0.336 e. The molecule has 2 N–H and O–H groups in total. The minimum absolute atomic E-state index is 0.164. The maximum absolute atomic E-state index is 11.7. The molecule has 0 bridgehead atoms. The van der Waals surface area contributed by atoms with Crippen molar-refractivity contribution >= 4 is 28.5 Å². The lowest BCUT2D eigenvalue weighted by molar-refractivity contribution is 0.1000. The van der Waals surface area contributed by atoms with Crippen molar-refractivity contribution in [3.05, 3.63) is 74.6 Å².